The third-order valence-corrected chi connectivity index (χ3v) is 3.98. The van der Waals surface area contributed by atoms with E-state index in [0.717, 1.165) is 29.8 Å². The van der Waals surface area contributed by atoms with Crippen molar-refractivity contribution in [1.82, 2.24) is 5.32 Å². The van der Waals surface area contributed by atoms with E-state index >= 15 is 0 Å². The molecule has 0 aromatic heterocycles. The van der Waals surface area contributed by atoms with Crippen molar-refractivity contribution in [2.75, 3.05) is 0 Å². The van der Waals surface area contributed by atoms with E-state index in [4.69, 9.17) is 0 Å². The van der Waals surface area contributed by atoms with Crippen LogP contribution < -0.4 is 5.32 Å². The zero-order valence-electron chi connectivity index (χ0n) is 14.3. The highest BCUT2D eigenvalue weighted by atomic mass is 19.4. The van der Waals surface area contributed by atoms with Gasteiger partial charge in [0.1, 0.15) is 6.04 Å². The van der Waals surface area contributed by atoms with Gasteiger partial charge in [0.05, 0.1) is 5.56 Å². The summed E-state index contributed by atoms with van der Waals surface area (Å²) < 4.78 is 37.7. The Bertz CT molecular complexity index is 801. The molecule has 0 unspecified atom stereocenters. The van der Waals surface area contributed by atoms with Gasteiger partial charge >= 0.3 is 12.1 Å². The van der Waals surface area contributed by atoms with Crippen LogP contribution in [0.15, 0.2) is 48.5 Å². The Labute approximate surface area is 153 Å². The molecule has 0 aliphatic carbocycles. The van der Waals surface area contributed by atoms with Crippen LogP contribution in [0.25, 0.3) is 0 Å². The fraction of sp³-hybridized carbons (Fsp3) is 0.263. The average molecular weight is 381 g/mol. The highest BCUT2D eigenvalue weighted by molar-refractivity contribution is 5.87. The van der Waals surface area contributed by atoms with E-state index in [1.807, 2.05) is 6.92 Å². The smallest absolute Gasteiger partial charge is 0.416 e. The fourth-order valence-corrected chi connectivity index (χ4v) is 2.42. The second kappa shape index (κ2) is 8.22. The number of amides is 1. The summed E-state index contributed by atoms with van der Waals surface area (Å²) in [6, 6.07) is 9.20. The minimum absolute atomic E-state index is 0.00108. The van der Waals surface area contributed by atoms with E-state index in [-0.39, 0.29) is 12.0 Å². The summed E-state index contributed by atoms with van der Waals surface area (Å²) in [5.41, 5.74) is 0.686. The Morgan fingerprint density at radius 2 is 1.59 bits per heavy atom. The first-order valence-corrected chi connectivity index (χ1v) is 8.02. The molecule has 5 nitrogen and oxygen atoms in total. The highest BCUT2D eigenvalue weighted by Gasteiger charge is 2.31. The summed E-state index contributed by atoms with van der Waals surface area (Å²) >= 11 is 0. The second-order valence-corrected chi connectivity index (χ2v) is 6.11. The van der Waals surface area contributed by atoms with Crippen LogP contribution in [-0.4, -0.2) is 28.1 Å². The largest absolute Gasteiger partial charge is 0.480 e. The van der Waals surface area contributed by atoms with Crippen LogP contribution >= 0.6 is 0 Å². The van der Waals surface area contributed by atoms with Gasteiger partial charge in [0.2, 0.25) is 0 Å². The number of carbonyl (C=O) groups is 2. The van der Waals surface area contributed by atoms with Gasteiger partial charge in [-0.25, -0.2) is 4.79 Å². The first kappa shape index (κ1) is 20.4. The number of hydrogen-bond acceptors (Lipinski definition) is 3. The third kappa shape index (κ3) is 5.55. The van der Waals surface area contributed by atoms with Crippen molar-refractivity contribution in [3.8, 4) is 0 Å². The van der Waals surface area contributed by atoms with E-state index in [1.54, 1.807) is 24.3 Å². The number of alkyl halides is 3. The first-order chi connectivity index (χ1) is 12.6. The van der Waals surface area contributed by atoms with Gasteiger partial charge in [-0.1, -0.05) is 42.0 Å². The van der Waals surface area contributed by atoms with E-state index in [9.17, 15) is 33.0 Å². The Morgan fingerprint density at radius 3 is 2.07 bits per heavy atom. The molecule has 0 fully saturated rings. The third-order valence-electron chi connectivity index (χ3n) is 3.98. The molecule has 0 saturated carbocycles. The molecule has 1 amide bonds. The minimum atomic E-state index is -4.53. The number of carboxylic acid groups (broad SMARTS) is 1. The lowest BCUT2D eigenvalue weighted by molar-refractivity contribution is -0.143. The van der Waals surface area contributed by atoms with Crippen molar-refractivity contribution in [3.05, 3.63) is 70.8 Å². The molecule has 0 spiro atoms. The maximum atomic E-state index is 12.6. The summed E-state index contributed by atoms with van der Waals surface area (Å²) in [6.07, 6.45) is -6.32. The van der Waals surface area contributed by atoms with Crippen LogP contribution in [0.5, 0.6) is 0 Å². The van der Waals surface area contributed by atoms with E-state index in [2.05, 4.69) is 5.32 Å². The molecule has 3 N–H and O–H groups in total. The SMILES string of the molecule is Cc1ccc(C[C@@H](NC(=O)[C@H](O)c2ccc(C(F)(F)F)cc2)C(=O)O)cc1. The summed E-state index contributed by atoms with van der Waals surface area (Å²) in [5, 5.41) is 21.5. The molecule has 2 atom stereocenters. The van der Waals surface area contributed by atoms with Crippen LogP contribution in [0.2, 0.25) is 0 Å². The minimum Gasteiger partial charge on any atom is -0.480 e. The molecule has 2 rings (SSSR count). The standard InChI is InChI=1S/C19H18F3NO4/c1-11-2-4-12(5-3-11)10-15(18(26)27)23-17(25)16(24)13-6-8-14(9-7-13)19(20,21)22/h2-9,15-16,24H,10H2,1H3,(H,23,25)(H,26,27)/t15-,16-/m1/s1. The van der Waals surface area contributed by atoms with E-state index in [1.165, 1.54) is 0 Å². The number of hydrogen-bond donors (Lipinski definition) is 3. The second-order valence-electron chi connectivity index (χ2n) is 6.11. The van der Waals surface area contributed by atoms with Gasteiger partial charge in [0.15, 0.2) is 6.10 Å². The van der Waals surface area contributed by atoms with Crippen molar-refractivity contribution in [2.45, 2.75) is 31.7 Å². The highest BCUT2D eigenvalue weighted by Crippen LogP contribution is 2.30. The van der Waals surface area contributed by atoms with Crippen molar-refractivity contribution < 1.29 is 33.0 Å². The molecule has 2 aromatic carbocycles. The molecule has 8 heteroatoms. The summed E-state index contributed by atoms with van der Waals surface area (Å²) in [7, 11) is 0. The normalized spacial score (nSPS) is 13.7. The molecular formula is C19H18F3NO4. The van der Waals surface area contributed by atoms with Crippen LogP contribution in [-0.2, 0) is 22.2 Å². The zero-order valence-corrected chi connectivity index (χ0v) is 14.3. The summed E-state index contributed by atoms with van der Waals surface area (Å²) in [5.74, 6) is -2.29. The number of aliphatic carboxylic acids is 1. The molecular weight excluding hydrogens is 363 g/mol. The Balaban J connectivity index is 2.07. The molecule has 0 saturated heterocycles. The number of carboxylic acids is 1. The molecule has 0 aliphatic rings. The van der Waals surface area contributed by atoms with Gasteiger partial charge in [0.25, 0.3) is 5.91 Å². The number of carbonyl (C=O) groups excluding carboxylic acids is 1. The maximum Gasteiger partial charge on any atom is 0.416 e. The molecule has 0 bridgehead atoms. The first-order valence-electron chi connectivity index (χ1n) is 8.02. The molecule has 0 heterocycles. The van der Waals surface area contributed by atoms with Crippen molar-refractivity contribution >= 4 is 11.9 Å². The predicted octanol–water partition coefficient (Wildman–Crippen LogP) is 2.86. The van der Waals surface area contributed by atoms with Gasteiger partial charge in [-0.05, 0) is 30.2 Å². The number of aliphatic hydroxyl groups is 1. The van der Waals surface area contributed by atoms with Gasteiger partial charge < -0.3 is 15.5 Å². The molecule has 0 aliphatic heterocycles. The van der Waals surface area contributed by atoms with Crippen molar-refractivity contribution in [3.63, 3.8) is 0 Å². The number of aryl methyl sites for hydroxylation is 1. The number of halogens is 3. The van der Waals surface area contributed by atoms with Crippen LogP contribution in [0, 0.1) is 6.92 Å². The Morgan fingerprint density at radius 1 is 1.04 bits per heavy atom. The van der Waals surface area contributed by atoms with E-state index in [0.29, 0.717) is 5.56 Å². The molecule has 27 heavy (non-hydrogen) atoms. The lowest BCUT2D eigenvalue weighted by Crippen LogP contribution is -2.44. The number of benzene rings is 2. The monoisotopic (exact) mass is 381 g/mol. The van der Waals surface area contributed by atoms with E-state index < -0.39 is 35.8 Å². The lowest BCUT2D eigenvalue weighted by atomic mass is 10.0. The van der Waals surface area contributed by atoms with Gasteiger partial charge in [-0.2, -0.15) is 13.2 Å². The van der Waals surface area contributed by atoms with Gasteiger partial charge in [0, 0.05) is 6.42 Å². The number of aliphatic hydroxyl groups excluding tert-OH is 1. The summed E-state index contributed by atoms with van der Waals surface area (Å²) in [4.78, 5) is 23.5. The summed E-state index contributed by atoms with van der Waals surface area (Å²) in [6.45, 7) is 1.88. The molecule has 2 aromatic rings. The predicted molar refractivity (Wildman–Crippen MR) is 90.9 cm³/mol. The topological polar surface area (TPSA) is 86.6 Å². The van der Waals surface area contributed by atoms with Gasteiger partial charge in [-0.15, -0.1) is 0 Å². The quantitative estimate of drug-likeness (QED) is 0.718. The fourth-order valence-electron chi connectivity index (χ4n) is 2.42. The Kier molecular flexibility index (Phi) is 6.22. The van der Waals surface area contributed by atoms with Crippen molar-refractivity contribution in [1.29, 1.82) is 0 Å². The maximum absolute atomic E-state index is 12.6. The van der Waals surface area contributed by atoms with Crippen LogP contribution in [0.1, 0.15) is 28.4 Å². The van der Waals surface area contributed by atoms with Gasteiger partial charge in [-0.3, -0.25) is 4.79 Å². The average Bonchev–Trinajstić information content (AvgIpc) is 2.61. The Hall–Kier alpha value is -2.87. The lowest BCUT2D eigenvalue weighted by Gasteiger charge is -2.18. The van der Waals surface area contributed by atoms with Crippen molar-refractivity contribution in [2.24, 2.45) is 0 Å². The van der Waals surface area contributed by atoms with Crippen LogP contribution in [0.4, 0.5) is 13.2 Å². The molecule has 0 radical (unpaired) electrons. The zero-order chi connectivity index (χ0) is 20.2. The number of rotatable bonds is 6. The van der Waals surface area contributed by atoms with Crippen LogP contribution in [0.3, 0.4) is 0 Å². The number of nitrogens with one attached hydrogen (secondary N) is 1. The molecule has 144 valence electrons.